The van der Waals surface area contributed by atoms with Crippen LogP contribution in [0.3, 0.4) is 0 Å². The SMILES string of the molecule is COc1ccc(O[PH](Oc2ccc(OC)cc2)(Oc2ccc(OC)cc2)[PH](Oc2ccc(Cl)cc2)(Oc2ccc(Cl)cc2)Oc2ccc(Cl)cc2)cc1. The minimum atomic E-state index is -4.72. The Kier molecular flexibility index (Phi) is 12.5. The fourth-order valence-electron chi connectivity index (χ4n) is 4.87. The molecular weight excluding hydrogens is 781 g/mol. The Morgan fingerprint density at radius 2 is 0.415 bits per heavy atom. The van der Waals surface area contributed by atoms with E-state index < -0.39 is 15.3 Å². The molecule has 53 heavy (non-hydrogen) atoms. The zero-order valence-corrected chi connectivity index (χ0v) is 32.9. The van der Waals surface area contributed by atoms with Gasteiger partial charge in [0.25, 0.3) is 0 Å². The number of rotatable bonds is 16. The normalized spacial score (nSPS) is 11.8. The first-order chi connectivity index (χ1) is 25.7. The third-order valence-electron chi connectivity index (χ3n) is 7.51. The van der Waals surface area contributed by atoms with Crippen LogP contribution in [-0.4, -0.2) is 21.3 Å². The van der Waals surface area contributed by atoms with Gasteiger partial charge in [-0.3, -0.25) is 0 Å². The van der Waals surface area contributed by atoms with Gasteiger partial charge in [-0.15, -0.1) is 0 Å². The molecule has 0 saturated carbocycles. The fraction of sp³-hybridized carbons (Fsp3) is 0.0769. The van der Waals surface area contributed by atoms with E-state index in [0.29, 0.717) is 66.8 Å². The predicted molar refractivity (Wildman–Crippen MR) is 214 cm³/mol. The summed E-state index contributed by atoms with van der Waals surface area (Å²) in [5.41, 5.74) is 0. The van der Waals surface area contributed by atoms with Crippen LogP contribution in [0.25, 0.3) is 0 Å². The Labute approximate surface area is 323 Å². The van der Waals surface area contributed by atoms with Gasteiger partial charge in [0, 0.05) is 0 Å². The van der Waals surface area contributed by atoms with Gasteiger partial charge in [0.15, 0.2) is 0 Å². The summed E-state index contributed by atoms with van der Waals surface area (Å²) in [6.07, 6.45) is 0. The maximum absolute atomic E-state index is 7.06. The first kappa shape index (κ1) is 38.0. The Morgan fingerprint density at radius 1 is 0.264 bits per heavy atom. The molecule has 0 aliphatic heterocycles. The number of ether oxygens (including phenoxy) is 3. The van der Waals surface area contributed by atoms with Crippen molar-refractivity contribution in [1.82, 2.24) is 0 Å². The summed E-state index contributed by atoms with van der Waals surface area (Å²) < 4.78 is 58.6. The summed E-state index contributed by atoms with van der Waals surface area (Å²) in [6.45, 7) is 0. The topological polar surface area (TPSA) is 83.1 Å². The molecule has 0 aromatic heterocycles. The quantitative estimate of drug-likeness (QED) is 0.0887. The average molecular weight is 816 g/mol. The van der Waals surface area contributed by atoms with E-state index >= 15 is 0 Å². The number of halogens is 3. The molecule has 276 valence electrons. The predicted octanol–water partition coefficient (Wildman–Crippen LogP) is 12.4. The van der Waals surface area contributed by atoms with Gasteiger partial charge in [-0.2, -0.15) is 0 Å². The molecule has 0 N–H and O–H groups in total. The molecule has 0 unspecified atom stereocenters. The first-order valence-electron chi connectivity index (χ1n) is 16.0. The molecule has 6 aromatic carbocycles. The van der Waals surface area contributed by atoms with E-state index in [1.54, 1.807) is 167 Å². The summed E-state index contributed by atoms with van der Waals surface area (Å²) in [5.74, 6) is 3.83. The zero-order chi connectivity index (χ0) is 37.3. The van der Waals surface area contributed by atoms with Crippen molar-refractivity contribution in [3.05, 3.63) is 161 Å². The zero-order valence-electron chi connectivity index (χ0n) is 28.7. The van der Waals surface area contributed by atoms with E-state index in [-0.39, 0.29) is 0 Å². The average Bonchev–Trinajstić information content (AvgIpc) is 3.18. The van der Waals surface area contributed by atoms with Crippen LogP contribution in [-0.2, 0) is 0 Å². The van der Waals surface area contributed by atoms with Crippen molar-refractivity contribution in [2.75, 3.05) is 21.3 Å². The molecule has 0 heterocycles. The molecule has 9 nitrogen and oxygen atoms in total. The molecule has 0 atom stereocenters. The Balaban J connectivity index is 1.66. The van der Waals surface area contributed by atoms with Crippen molar-refractivity contribution in [1.29, 1.82) is 0 Å². The molecule has 14 heteroatoms. The van der Waals surface area contributed by atoms with Crippen molar-refractivity contribution < 1.29 is 41.4 Å². The summed E-state index contributed by atoms with van der Waals surface area (Å²) >= 11 is 19.0. The maximum atomic E-state index is 7.06. The van der Waals surface area contributed by atoms with Crippen LogP contribution in [0.1, 0.15) is 0 Å². The fourth-order valence-corrected chi connectivity index (χ4v) is 13.3. The molecule has 0 spiro atoms. The molecule has 0 amide bonds. The standard InChI is InChI=1S/C39H35Cl3O9P2/c1-43-31-16-22-37(23-17-31)49-53(50-38-24-18-32(44-2)19-25-38,51-39-26-20-33(45-3)21-27-39)52(46-34-10-4-28(40)5-11-34,47-35-12-6-29(41)7-13-35)48-36-14-8-30(42)9-15-36/h4-27,52-53H,1-3H3. The van der Waals surface area contributed by atoms with Crippen LogP contribution in [0.4, 0.5) is 0 Å². The molecule has 0 radical (unpaired) electrons. The van der Waals surface area contributed by atoms with Gasteiger partial charge >= 0.3 is 325 Å². The van der Waals surface area contributed by atoms with Crippen molar-refractivity contribution >= 4 is 50.1 Å². The summed E-state index contributed by atoms with van der Waals surface area (Å²) in [4.78, 5) is 0. The molecular formula is C39H35Cl3O9P2. The van der Waals surface area contributed by atoms with Gasteiger partial charge in [0.2, 0.25) is 0 Å². The van der Waals surface area contributed by atoms with Crippen molar-refractivity contribution in [2.24, 2.45) is 0 Å². The molecule has 0 fully saturated rings. The molecule has 0 saturated heterocycles. The Morgan fingerprint density at radius 3 is 0.585 bits per heavy atom. The van der Waals surface area contributed by atoms with E-state index in [2.05, 4.69) is 0 Å². The van der Waals surface area contributed by atoms with Crippen LogP contribution in [0, 0.1) is 0 Å². The van der Waals surface area contributed by atoms with E-state index in [1.807, 2.05) is 0 Å². The van der Waals surface area contributed by atoms with Gasteiger partial charge in [0.05, 0.1) is 0 Å². The Bertz CT molecular complexity index is 1820. The minimum absolute atomic E-state index is 0.330. The Hall–Kier alpha value is -4.75. The summed E-state index contributed by atoms with van der Waals surface area (Å²) in [5, 5.41) is 1.47. The number of hydrogen-bond donors (Lipinski definition) is 0. The van der Waals surface area contributed by atoms with E-state index in [9.17, 15) is 0 Å². The van der Waals surface area contributed by atoms with E-state index in [0.717, 1.165) is 0 Å². The monoisotopic (exact) mass is 814 g/mol. The second kappa shape index (κ2) is 17.4. The molecule has 0 aliphatic carbocycles. The van der Waals surface area contributed by atoms with Crippen LogP contribution < -0.4 is 41.4 Å². The molecule has 0 bridgehead atoms. The second-order valence-corrected chi connectivity index (χ2v) is 19.5. The first-order valence-corrected chi connectivity index (χ1v) is 21.6. The van der Waals surface area contributed by atoms with Gasteiger partial charge in [-0.05, 0) is 0 Å². The third-order valence-corrected chi connectivity index (χ3v) is 16.1. The third kappa shape index (κ3) is 9.63. The van der Waals surface area contributed by atoms with Crippen LogP contribution >= 0.6 is 50.1 Å². The second-order valence-electron chi connectivity index (χ2n) is 11.1. The number of benzene rings is 6. The summed E-state index contributed by atoms with van der Waals surface area (Å²) in [7, 11) is -4.71. The van der Waals surface area contributed by atoms with E-state index in [1.165, 1.54) is 0 Å². The van der Waals surface area contributed by atoms with Crippen LogP contribution in [0.5, 0.6) is 51.7 Å². The van der Waals surface area contributed by atoms with E-state index in [4.69, 9.17) is 76.2 Å². The number of hydrogen-bond acceptors (Lipinski definition) is 9. The van der Waals surface area contributed by atoms with Crippen LogP contribution in [0.2, 0.25) is 15.1 Å². The van der Waals surface area contributed by atoms with Gasteiger partial charge < -0.3 is 0 Å². The van der Waals surface area contributed by atoms with Gasteiger partial charge in [-0.1, -0.05) is 0 Å². The van der Waals surface area contributed by atoms with Crippen molar-refractivity contribution in [3.8, 4) is 51.7 Å². The van der Waals surface area contributed by atoms with Gasteiger partial charge in [-0.25, -0.2) is 0 Å². The molecule has 0 aliphatic rings. The van der Waals surface area contributed by atoms with Crippen molar-refractivity contribution in [2.45, 2.75) is 0 Å². The van der Waals surface area contributed by atoms with Crippen molar-refractivity contribution in [3.63, 3.8) is 0 Å². The number of methoxy groups -OCH3 is 3. The van der Waals surface area contributed by atoms with Crippen LogP contribution in [0.15, 0.2) is 146 Å². The summed E-state index contributed by atoms with van der Waals surface area (Å²) in [6, 6.07) is 41.1. The molecule has 6 aromatic rings. The van der Waals surface area contributed by atoms with Gasteiger partial charge in [0.1, 0.15) is 0 Å². The molecule has 6 rings (SSSR count).